The first kappa shape index (κ1) is 18.4. The predicted octanol–water partition coefficient (Wildman–Crippen LogP) is 3.96. The molecule has 0 heterocycles. The lowest BCUT2D eigenvalue weighted by atomic mass is 10.2. The topological polar surface area (TPSA) is 88.7 Å². The number of anilines is 3. The van der Waals surface area contributed by atoms with E-state index in [4.69, 9.17) is 21.1 Å². The van der Waals surface area contributed by atoms with Crippen LogP contribution in [0.25, 0.3) is 0 Å². The average molecular weight is 364 g/mol. The molecule has 7 nitrogen and oxygen atoms in total. The molecular formula is C17H18ClN3O4. The SMILES string of the molecule is COc1cc(NC(=O)Nc2ccc(NC(C)=O)cc2)c(OC)cc1Cl. The summed E-state index contributed by atoms with van der Waals surface area (Å²) < 4.78 is 10.3. The van der Waals surface area contributed by atoms with Crippen molar-refractivity contribution in [2.75, 3.05) is 30.2 Å². The van der Waals surface area contributed by atoms with Gasteiger partial charge in [0.1, 0.15) is 11.5 Å². The summed E-state index contributed by atoms with van der Waals surface area (Å²) in [6.45, 7) is 1.42. The maximum absolute atomic E-state index is 12.2. The van der Waals surface area contributed by atoms with E-state index < -0.39 is 6.03 Å². The number of benzene rings is 2. The second kappa shape index (κ2) is 8.25. The Labute approximate surface area is 150 Å². The smallest absolute Gasteiger partial charge is 0.323 e. The lowest BCUT2D eigenvalue weighted by Gasteiger charge is -2.14. The van der Waals surface area contributed by atoms with Crippen molar-refractivity contribution in [3.05, 3.63) is 41.4 Å². The van der Waals surface area contributed by atoms with Crippen LogP contribution in [0.2, 0.25) is 5.02 Å². The summed E-state index contributed by atoms with van der Waals surface area (Å²) in [4.78, 5) is 23.2. The number of amides is 3. The molecule has 0 atom stereocenters. The van der Waals surface area contributed by atoms with Crippen LogP contribution in [-0.4, -0.2) is 26.2 Å². The molecule has 0 unspecified atom stereocenters. The highest BCUT2D eigenvalue weighted by Gasteiger charge is 2.12. The van der Waals surface area contributed by atoms with Crippen LogP contribution in [0, 0.1) is 0 Å². The van der Waals surface area contributed by atoms with Crippen molar-refractivity contribution in [2.24, 2.45) is 0 Å². The summed E-state index contributed by atoms with van der Waals surface area (Å²) >= 11 is 6.03. The fourth-order valence-corrected chi connectivity index (χ4v) is 2.31. The maximum atomic E-state index is 12.2. The van der Waals surface area contributed by atoms with Crippen molar-refractivity contribution in [3.8, 4) is 11.5 Å². The predicted molar refractivity (Wildman–Crippen MR) is 97.9 cm³/mol. The molecule has 8 heteroatoms. The molecule has 132 valence electrons. The molecule has 3 N–H and O–H groups in total. The normalized spacial score (nSPS) is 9.92. The fourth-order valence-electron chi connectivity index (χ4n) is 2.08. The Kier molecular flexibility index (Phi) is 6.08. The Bertz CT molecular complexity index is 778. The molecule has 3 amide bonds. The molecule has 0 fully saturated rings. The highest BCUT2D eigenvalue weighted by molar-refractivity contribution is 6.32. The highest BCUT2D eigenvalue weighted by atomic mass is 35.5. The summed E-state index contributed by atoms with van der Waals surface area (Å²) in [5.74, 6) is 0.654. The first-order chi connectivity index (χ1) is 11.9. The van der Waals surface area contributed by atoms with Crippen molar-refractivity contribution >= 4 is 40.6 Å². The van der Waals surface area contributed by atoms with Gasteiger partial charge in [-0.3, -0.25) is 4.79 Å². The molecule has 0 radical (unpaired) electrons. The van der Waals surface area contributed by atoms with Gasteiger partial charge in [0, 0.05) is 30.4 Å². The van der Waals surface area contributed by atoms with E-state index >= 15 is 0 Å². The zero-order valence-corrected chi connectivity index (χ0v) is 14.7. The van der Waals surface area contributed by atoms with Crippen molar-refractivity contribution in [2.45, 2.75) is 6.92 Å². The monoisotopic (exact) mass is 363 g/mol. The van der Waals surface area contributed by atoms with E-state index in [1.807, 2.05) is 0 Å². The third-order valence-corrected chi connectivity index (χ3v) is 3.48. The Morgan fingerprint density at radius 1 is 0.880 bits per heavy atom. The van der Waals surface area contributed by atoms with Crippen molar-refractivity contribution in [1.29, 1.82) is 0 Å². The number of ether oxygens (including phenoxy) is 2. The molecule has 25 heavy (non-hydrogen) atoms. The summed E-state index contributed by atoms with van der Waals surface area (Å²) in [6, 6.07) is 9.37. The van der Waals surface area contributed by atoms with Crippen LogP contribution in [0.15, 0.2) is 36.4 Å². The number of hydrogen-bond donors (Lipinski definition) is 3. The van der Waals surface area contributed by atoms with Crippen LogP contribution in [0.1, 0.15) is 6.92 Å². The quantitative estimate of drug-likeness (QED) is 0.750. The summed E-state index contributed by atoms with van der Waals surface area (Å²) in [6.07, 6.45) is 0. The zero-order chi connectivity index (χ0) is 18.4. The number of hydrogen-bond acceptors (Lipinski definition) is 4. The largest absolute Gasteiger partial charge is 0.495 e. The molecular weight excluding hydrogens is 346 g/mol. The molecule has 0 aliphatic carbocycles. The third kappa shape index (κ3) is 5.02. The lowest BCUT2D eigenvalue weighted by Crippen LogP contribution is -2.20. The number of methoxy groups -OCH3 is 2. The second-order valence-electron chi connectivity index (χ2n) is 5.02. The Morgan fingerprint density at radius 3 is 1.96 bits per heavy atom. The van der Waals surface area contributed by atoms with Crippen LogP contribution in [0.4, 0.5) is 21.9 Å². The number of urea groups is 1. The van der Waals surface area contributed by atoms with Gasteiger partial charge in [0.2, 0.25) is 5.91 Å². The van der Waals surface area contributed by atoms with Gasteiger partial charge in [0.25, 0.3) is 0 Å². The van der Waals surface area contributed by atoms with Gasteiger partial charge in [-0.25, -0.2) is 4.79 Å². The fraction of sp³-hybridized carbons (Fsp3) is 0.176. The van der Waals surface area contributed by atoms with E-state index in [1.165, 1.54) is 21.1 Å². The van der Waals surface area contributed by atoms with Gasteiger partial charge in [-0.1, -0.05) is 11.6 Å². The number of nitrogens with one attached hydrogen (secondary N) is 3. The Morgan fingerprint density at radius 2 is 1.44 bits per heavy atom. The molecule has 0 aromatic heterocycles. The summed E-state index contributed by atoms with van der Waals surface area (Å²) in [5.41, 5.74) is 1.62. The second-order valence-corrected chi connectivity index (χ2v) is 5.43. The van der Waals surface area contributed by atoms with Crippen molar-refractivity contribution in [1.82, 2.24) is 0 Å². The van der Waals surface area contributed by atoms with Crippen LogP contribution in [0.3, 0.4) is 0 Å². The maximum Gasteiger partial charge on any atom is 0.323 e. The van der Waals surface area contributed by atoms with E-state index in [0.717, 1.165) is 0 Å². The number of halogens is 1. The van der Waals surface area contributed by atoms with Gasteiger partial charge in [0.15, 0.2) is 0 Å². The molecule has 0 bridgehead atoms. The Hall–Kier alpha value is -2.93. The molecule has 0 aliphatic heterocycles. The molecule has 2 aromatic carbocycles. The first-order valence-electron chi connectivity index (χ1n) is 7.30. The van der Waals surface area contributed by atoms with Crippen molar-refractivity contribution in [3.63, 3.8) is 0 Å². The van der Waals surface area contributed by atoms with E-state index in [9.17, 15) is 9.59 Å². The Balaban J connectivity index is 2.08. The van der Waals surface area contributed by atoms with Gasteiger partial charge >= 0.3 is 6.03 Å². The highest BCUT2D eigenvalue weighted by Crippen LogP contribution is 2.35. The number of carbonyl (C=O) groups excluding carboxylic acids is 2. The van der Waals surface area contributed by atoms with E-state index in [1.54, 1.807) is 36.4 Å². The summed E-state index contributed by atoms with van der Waals surface area (Å²) in [5, 5.41) is 8.38. The molecule has 0 spiro atoms. The number of carbonyl (C=O) groups is 2. The standard InChI is InChI=1S/C17H18ClN3O4/c1-10(22)19-11-4-6-12(7-5-11)20-17(23)21-14-9-15(24-2)13(18)8-16(14)25-3/h4-9H,1-3H3,(H,19,22)(H2,20,21,23). The molecule has 0 aliphatic rings. The van der Waals surface area contributed by atoms with Gasteiger partial charge in [-0.2, -0.15) is 0 Å². The summed E-state index contributed by atoms with van der Waals surface area (Å²) in [7, 11) is 2.95. The molecule has 2 rings (SSSR count). The van der Waals surface area contributed by atoms with Gasteiger partial charge in [-0.15, -0.1) is 0 Å². The van der Waals surface area contributed by atoms with E-state index in [0.29, 0.717) is 33.6 Å². The molecule has 2 aromatic rings. The van der Waals surface area contributed by atoms with Crippen molar-refractivity contribution < 1.29 is 19.1 Å². The van der Waals surface area contributed by atoms with Crippen LogP contribution < -0.4 is 25.4 Å². The van der Waals surface area contributed by atoms with Crippen LogP contribution >= 0.6 is 11.6 Å². The van der Waals surface area contributed by atoms with Crippen LogP contribution in [0.5, 0.6) is 11.5 Å². The number of rotatable bonds is 5. The first-order valence-corrected chi connectivity index (χ1v) is 7.68. The van der Waals surface area contributed by atoms with Gasteiger partial charge in [0.05, 0.1) is 24.9 Å². The van der Waals surface area contributed by atoms with Crippen LogP contribution in [-0.2, 0) is 4.79 Å². The minimum Gasteiger partial charge on any atom is -0.495 e. The minimum atomic E-state index is -0.463. The van der Waals surface area contributed by atoms with Gasteiger partial charge in [-0.05, 0) is 24.3 Å². The lowest BCUT2D eigenvalue weighted by molar-refractivity contribution is -0.114. The third-order valence-electron chi connectivity index (χ3n) is 3.19. The van der Waals surface area contributed by atoms with E-state index in [2.05, 4.69) is 16.0 Å². The van der Waals surface area contributed by atoms with E-state index in [-0.39, 0.29) is 5.91 Å². The zero-order valence-electron chi connectivity index (χ0n) is 14.0. The molecule has 0 saturated heterocycles. The van der Waals surface area contributed by atoms with Gasteiger partial charge < -0.3 is 25.4 Å². The average Bonchev–Trinajstić information content (AvgIpc) is 2.57. The minimum absolute atomic E-state index is 0.165. The molecule has 0 saturated carbocycles.